The molecule has 1 saturated heterocycles. The summed E-state index contributed by atoms with van der Waals surface area (Å²) in [5.41, 5.74) is 2.20. The highest BCUT2D eigenvalue weighted by Crippen LogP contribution is 2.19. The van der Waals surface area contributed by atoms with Crippen LogP contribution >= 0.6 is 0 Å². The smallest absolute Gasteiger partial charge is 0.263 e. The van der Waals surface area contributed by atoms with Crippen molar-refractivity contribution in [3.8, 4) is 0 Å². The van der Waals surface area contributed by atoms with Crippen molar-refractivity contribution in [2.75, 3.05) is 6.54 Å². The van der Waals surface area contributed by atoms with Crippen LogP contribution in [-0.4, -0.2) is 40.0 Å². The lowest BCUT2D eigenvalue weighted by atomic mass is 10.0. The second-order valence-electron chi connectivity index (χ2n) is 4.71. The van der Waals surface area contributed by atoms with Crippen molar-refractivity contribution in [1.82, 2.24) is 10.5 Å². The minimum absolute atomic E-state index is 0.114. The third-order valence-electron chi connectivity index (χ3n) is 3.22. The molecule has 1 aromatic rings. The molecule has 0 spiro atoms. The van der Waals surface area contributed by atoms with Crippen molar-refractivity contribution in [2.45, 2.75) is 31.6 Å². The van der Waals surface area contributed by atoms with Crippen LogP contribution in [0.4, 0.5) is 4.39 Å². The van der Waals surface area contributed by atoms with E-state index in [0.29, 0.717) is 18.5 Å². The van der Waals surface area contributed by atoms with Crippen LogP contribution in [0.2, 0.25) is 0 Å². The summed E-state index contributed by atoms with van der Waals surface area (Å²) in [7, 11) is 0. The Labute approximate surface area is 115 Å². The Hall–Kier alpha value is -1.54. The number of carbonyl (C=O) groups excluding carboxylic acids is 1. The van der Waals surface area contributed by atoms with E-state index in [-0.39, 0.29) is 18.8 Å². The van der Waals surface area contributed by atoms with Gasteiger partial charge in [-0.05, 0) is 24.1 Å². The normalized spacial score (nSPS) is 23.6. The molecule has 1 heterocycles. The Morgan fingerprint density at radius 2 is 2.35 bits per heavy atom. The Morgan fingerprint density at radius 1 is 1.55 bits per heavy atom. The van der Waals surface area contributed by atoms with Crippen LogP contribution in [0.15, 0.2) is 24.3 Å². The molecule has 1 aromatic carbocycles. The van der Waals surface area contributed by atoms with Crippen molar-refractivity contribution in [1.29, 1.82) is 0 Å². The topological polar surface area (TPSA) is 82.0 Å². The minimum atomic E-state index is -0.766. The summed E-state index contributed by atoms with van der Waals surface area (Å²) in [6.07, 6.45) is 0.0415. The van der Waals surface area contributed by atoms with Gasteiger partial charge in [0.1, 0.15) is 11.9 Å². The molecule has 3 N–H and O–H groups in total. The first kappa shape index (κ1) is 14.9. The second-order valence-corrected chi connectivity index (χ2v) is 4.71. The Bertz CT molecular complexity index is 471. The van der Waals surface area contributed by atoms with Gasteiger partial charge < -0.3 is 5.11 Å². The lowest BCUT2D eigenvalue weighted by Gasteiger charge is -2.35. The number of benzene rings is 1. The summed E-state index contributed by atoms with van der Waals surface area (Å²) < 4.78 is 13.0. The zero-order valence-electron chi connectivity index (χ0n) is 10.8. The van der Waals surface area contributed by atoms with Crippen LogP contribution in [0, 0.1) is 5.82 Å². The van der Waals surface area contributed by atoms with Gasteiger partial charge in [0.25, 0.3) is 5.91 Å². The number of hydroxylamine groups is 3. The first-order valence-electron chi connectivity index (χ1n) is 6.36. The lowest BCUT2D eigenvalue weighted by Crippen LogP contribution is -2.51. The molecule has 1 amide bonds. The number of nitrogens with zero attached hydrogens (tertiary/aromatic N) is 1. The van der Waals surface area contributed by atoms with Gasteiger partial charge in [0.15, 0.2) is 0 Å². The summed E-state index contributed by atoms with van der Waals surface area (Å²) in [6, 6.07) is 5.20. The van der Waals surface area contributed by atoms with Gasteiger partial charge in [-0.15, -0.1) is 0 Å². The van der Waals surface area contributed by atoms with Gasteiger partial charge in [0.2, 0.25) is 0 Å². The van der Waals surface area contributed by atoms with E-state index in [1.165, 1.54) is 17.2 Å². The fraction of sp³-hybridized carbons (Fsp3) is 0.462. The third kappa shape index (κ3) is 3.73. The van der Waals surface area contributed by atoms with Gasteiger partial charge in [-0.25, -0.2) is 9.87 Å². The average Bonchev–Trinajstić information content (AvgIpc) is 2.45. The van der Waals surface area contributed by atoms with Crippen molar-refractivity contribution in [3.63, 3.8) is 0 Å². The van der Waals surface area contributed by atoms with Gasteiger partial charge in [-0.2, -0.15) is 5.06 Å². The lowest BCUT2D eigenvalue weighted by molar-refractivity contribution is -0.219. The molecule has 110 valence electrons. The predicted octanol–water partition coefficient (Wildman–Crippen LogP) is 0.588. The summed E-state index contributed by atoms with van der Waals surface area (Å²) in [4.78, 5) is 17.0. The highest BCUT2D eigenvalue weighted by molar-refractivity contribution is 5.80. The molecule has 0 unspecified atom stereocenters. The molecule has 1 aliphatic heterocycles. The maximum Gasteiger partial charge on any atom is 0.263 e. The van der Waals surface area contributed by atoms with Crippen molar-refractivity contribution in [3.05, 3.63) is 35.6 Å². The molecule has 0 radical (unpaired) electrons. The van der Waals surface area contributed by atoms with Crippen LogP contribution < -0.4 is 5.48 Å². The van der Waals surface area contributed by atoms with Crippen LogP contribution in [0.1, 0.15) is 18.4 Å². The van der Waals surface area contributed by atoms with E-state index in [1.807, 2.05) is 0 Å². The quantitative estimate of drug-likeness (QED) is 0.557. The molecule has 7 heteroatoms. The third-order valence-corrected chi connectivity index (χ3v) is 3.22. The molecule has 1 fully saturated rings. The standard InChI is InChI=1S/C13H17FN2O4/c14-10-3-1-2-9(6-10)8-20-16-5-4-11(17)7-12(16)13(18)15-19/h1-3,6,11-12,17,19H,4-5,7-8H2,(H,15,18)/t11-,12+/m0/s1. The Kier molecular flexibility index (Phi) is 5.02. The van der Waals surface area contributed by atoms with Gasteiger partial charge in [0, 0.05) is 13.0 Å². The Morgan fingerprint density at radius 3 is 3.05 bits per heavy atom. The summed E-state index contributed by atoms with van der Waals surface area (Å²) >= 11 is 0. The van der Waals surface area contributed by atoms with Crippen LogP contribution in [0.25, 0.3) is 0 Å². The van der Waals surface area contributed by atoms with Gasteiger partial charge >= 0.3 is 0 Å². The fourth-order valence-electron chi connectivity index (χ4n) is 2.18. The van der Waals surface area contributed by atoms with E-state index in [0.717, 1.165) is 0 Å². The van der Waals surface area contributed by atoms with Gasteiger partial charge in [-0.1, -0.05) is 12.1 Å². The van der Waals surface area contributed by atoms with Crippen molar-refractivity contribution in [2.24, 2.45) is 0 Å². The zero-order chi connectivity index (χ0) is 14.5. The molecule has 0 saturated carbocycles. The number of halogens is 1. The summed E-state index contributed by atoms with van der Waals surface area (Å²) in [6.45, 7) is 0.470. The number of amides is 1. The number of hydrogen-bond acceptors (Lipinski definition) is 5. The van der Waals surface area contributed by atoms with Gasteiger partial charge in [-0.3, -0.25) is 14.8 Å². The minimum Gasteiger partial charge on any atom is -0.393 e. The maximum atomic E-state index is 13.0. The van der Waals surface area contributed by atoms with Crippen LogP contribution in [-0.2, 0) is 16.2 Å². The number of aliphatic hydroxyl groups is 1. The molecule has 1 aliphatic rings. The largest absolute Gasteiger partial charge is 0.393 e. The number of carbonyl (C=O) groups is 1. The summed E-state index contributed by atoms with van der Waals surface area (Å²) in [5.74, 6) is -0.993. The van der Waals surface area contributed by atoms with E-state index in [1.54, 1.807) is 17.6 Å². The van der Waals surface area contributed by atoms with E-state index in [4.69, 9.17) is 10.0 Å². The van der Waals surface area contributed by atoms with Crippen LogP contribution in [0.3, 0.4) is 0 Å². The van der Waals surface area contributed by atoms with E-state index < -0.39 is 18.1 Å². The molecular formula is C13H17FN2O4. The summed E-state index contributed by atoms with van der Waals surface area (Å²) in [5, 5.41) is 19.7. The zero-order valence-corrected chi connectivity index (χ0v) is 10.8. The monoisotopic (exact) mass is 284 g/mol. The first-order valence-corrected chi connectivity index (χ1v) is 6.36. The van der Waals surface area contributed by atoms with E-state index >= 15 is 0 Å². The van der Waals surface area contributed by atoms with Crippen LogP contribution in [0.5, 0.6) is 0 Å². The molecule has 20 heavy (non-hydrogen) atoms. The molecule has 2 rings (SSSR count). The van der Waals surface area contributed by atoms with E-state index in [9.17, 15) is 14.3 Å². The molecule has 6 nitrogen and oxygen atoms in total. The number of nitrogens with one attached hydrogen (secondary N) is 1. The number of piperidine rings is 1. The number of rotatable bonds is 4. The molecule has 0 aliphatic carbocycles. The maximum absolute atomic E-state index is 13.0. The second kappa shape index (κ2) is 6.76. The predicted molar refractivity (Wildman–Crippen MR) is 66.9 cm³/mol. The number of aliphatic hydroxyl groups excluding tert-OH is 1. The average molecular weight is 284 g/mol. The molecular weight excluding hydrogens is 267 g/mol. The SMILES string of the molecule is O=C(NO)[C@H]1C[C@@H](O)CCN1OCc1cccc(F)c1. The molecule has 0 aromatic heterocycles. The molecule has 2 atom stereocenters. The van der Waals surface area contributed by atoms with Crippen molar-refractivity contribution < 1.29 is 24.3 Å². The number of hydrogen-bond donors (Lipinski definition) is 3. The van der Waals surface area contributed by atoms with Gasteiger partial charge in [0.05, 0.1) is 12.7 Å². The molecule has 0 bridgehead atoms. The Balaban J connectivity index is 1.97. The van der Waals surface area contributed by atoms with E-state index in [2.05, 4.69) is 0 Å². The fourth-order valence-corrected chi connectivity index (χ4v) is 2.18. The first-order chi connectivity index (χ1) is 9.60. The van der Waals surface area contributed by atoms with Crippen molar-refractivity contribution >= 4 is 5.91 Å². The highest BCUT2D eigenvalue weighted by Gasteiger charge is 2.33. The highest BCUT2D eigenvalue weighted by atomic mass is 19.1.